The van der Waals surface area contributed by atoms with E-state index in [9.17, 15) is 5.11 Å². The molecule has 0 radical (unpaired) electrons. The minimum Gasteiger partial charge on any atom is -0.505 e. The van der Waals surface area contributed by atoms with Crippen LogP contribution in [0.15, 0.2) is 6.07 Å². The predicted molar refractivity (Wildman–Crippen MR) is 47.8 cm³/mol. The fraction of sp³-hybridized carbons (Fsp3) is 0.167. The number of anilines is 1. The lowest BCUT2D eigenvalue weighted by Crippen LogP contribution is -1.93. The highest BCUT2D eigenvalue weighted by Gasteiger charge is 2.02. The van der Waals surface area contributed by atoms with E-state index >= 15 is 0 Å². The van der Waals surface area contributed by atoms with E-state index in [0.29, 0.717) is 9.52 Å². The van der Waals surface area contributed by atoms with E-state index in [0.717, 1.165) is 5.56 Å². The molecule has 3 nitrogen and oxygen atoms in total. The number of aromatic nitrogens is 1. The first-order chi connectivity index (χ1) is 4.61. The molecule has 1 aromatic rings. The number of pyridine rings is 1. The van der Waals surface area contributed by atoms with Gasteiger partial charge in [-0.15, -0.1) is 0 Å². The van der Waals surface area contributed by atoms with Crippen molar-refractivity contribution in [3.8, 4) is 5.75 Å². The van der Waals surface area contributed by atoms with E-state index in [1.54, 1.807) is 13.0 Å². The third-order valence-corrected chi connectivity index (χ3v) is 1.91. The zero-order valence-corrected chi connectivity index (χ0v) is 7.58. The van der Waals surface area contributed by atoms with Crippen molar-refractivity contribution in [2.75, 3.05) is 5.73 Å². The summed E-state index contributed by atoms with van der Waals surface area (Å²) in [5.41, 5.74) is 6.16. The highest BCUT2D eigenvalue weighted by Crippen LogP contribution is 2.22. The molecule has 10 heavy (non-hydrogen) atoms. The van der Waals surface area contributed by atoms with Crippen LogP contribution in [0, 0.1) is 10.6 Å². The van der Waals surface area contributed by atoms with Crippen LogP contribution in [0.2, 0.25) is 0 Å². The van der Waals surface area contributed by atoms with Crippen LogP contribution in [0.4, 0.5) is 5.82 Å². The molecule has 0 spiro atoms. The number of hydrogen-bond acceptors (Lipinski definition) is 3. The van der Waals surface area contributed by atoms with Gasteiger partial charge in [0.1, 0.15) is 9.52 Å². The third kappa shape index (κ3) is 1.31. The molecule has 0 aliphatic rings. The summed E-state index contributed by atoms with van der Waals surface area (Å²) < 4.78 is 0.551. The summed E-state index contributed by atoms with van der Waals surface area (Å²) in [6.07, 6.45) is 0. The number of nitrogen functional groups attached to an aromatic ring is 1. The minimum absolute atomic E-state index is 0.217. The van der Waals surface area contributed by atoms with Crippen molar-refractivity contribution >= 4 is 28.4 Å². The van der Waals surface area contributed by atoms with Gasteiger partial charge in [0.25, 0.3) is 0 Å². The van der Waals surface area contributed by atoms with Gasteiger partial charge >= 0.3 is 0 Å². The molecule has 1 rings (SSSR count). The molecule has 0 saturated heterocycles. The van der Waals surface area contributed by atoms with Gasteiger partial charge < -0.3 is 10.8 Å². The predicted octanol–water partition coefficient (Wildman–Crippen LogP) is 1.28. The Bertz CT molecular complexity index is 239. The van der Waals surface area contributed by atoms with Crippen molar-refractivity contribution in [1.29, 1.82) is 0 Å². The number of aryl methyl sites for hydroxylation is 1. The molecule has 0 aliphatic carbocycles. The van der Waals surface area contributed by atoms with Gasteiger partial charge in [-0.1, -0.05) is 0 Å². The van der Waals surface area contributed by atoms with E-state index in [1.165, 1.54) is 0 Å². The lowest BCUT2D eigenvalue weighted by molar-refractivity contribution is 0.464. The van der Waals surface area contributed by atoms with Crippen LogP contribution in [-0.2, 0) is 0 Å². The molecule has 0 atom stereocenters. The van der Waals surface area contributed by atoms with Crippen LogP contribution < -0.4 is 5.73 Å². The Morgan fingerprint density at radius 2 is 2.30 bits per heavy atom. The fourth-order valence-corrected chi connectivity index (χ4v) is 1.36. The number of halogens is 1. The summed E-state index contributed by atoms with van der Waals surface area (Å²) in [7, 11) is 0. The molecule has 0 amide bonds. The van der Waals surface area contributed by atoms with Gasteiger partial charge in [0.15, 0.2) is 5.75 Å². The molecule has 0 bridgehead atoms. The van der Waals surface area contributed by atoms with Crippen LogP contribution >= 0.6 is 22.6 Å². The Morgan fingerprint density at radius 1 is 1.70 bits per heavy atom. The van der Waals surface area contributed by atoms with E-state index in [2.05, 4.69) is 4.98 Å². The summed E-state index contributed by atoms with van der Waals surface area (Å²) >= 11 is 1.93. The number of rotatable bonds is 0. The average molecular weight is 250 g/mol. The van der Waals surface area contributed by atoms with E-state index in [4.69, 9.17) is 5.73 Å². The van der Waals surface area contributed by atoms with Crippen molar-refractivity contribution in [3.63, 3.8) is 0 Å². The molecule has 1 heterocycles. The summed E-state index contributed by atoms with van der Waals surface area (Å²) in [6, 6.07) is 1.64. The molecular weight excluding hydrogens is 243 g/mol. The smallest absolute Gasteiger partial charge is 0.150 e. The Labute approximate surface area is 72.4 Å². The summed E-state index contributed by atoms with van der Waals surface area (Å²) in [5, 5.41) is 9.21. The standard InChI is InChI=1S/C6H7IN2O/c1-3-2-4(8)9-6(7)5(3)10/h2,10H,1H3,(H2,8,9). The van der Waals surface area contributed by atoms with Gasteiger partial charge in [-0.2, -0.15) is 0 Å². The molecule has 0 aromatic carbocycles. The zero-order valence-electron chi connectivity index (χ0n) is 5.43. The number of nitrogens with two attached hydrogens (primary N) is 1. The SMILES string of the molecule is Cc1cc(N)nc(I)c1O. The zero-order chi connectivity index (χ0) is 7.72. The highest BCUT2D eigenvalue weighted by atomic mass is 127. The van der Waals surface area contributed by atoms with Crippen molar-refractivity contribution < 1.29 is 5.11 Å². The highest BCUT2D eigenvalue weighted by molar-refractivity contribution is 14.1. The van der Waals surface area contributed by atoms with Crippen molar-refractivity contribution in [2.45, 2.75) is 6.92 Å². The molecule has 3 N–H and O–H groups in total. The molecule has 0 fully saturated rings. The molecule has 0 unspecified atom stereocenters. The van der Waals surface area contributed by atoms with Gasteiger partial charge in [-0.25, -0.2) is 4.98 Å². The van der Waals surface area contributed by atoms with Crippen molar-refractivity contribution in [3.05, 3.63) is 15.3 Å². The fourth-order valence-electron chi connectivity index (χ4n) is 0.651. The maximum Gasteiger partial charge on any atom is 0.150 e. The Kier molecular flexibility index (Phi) is 1.98. The first kappa shape index (κ1) is 7.59. The second kappa shape index (κ2) is 2.61. The van der Waals surface area contributed by atoms with Gasteiger partial charge in [-0.3, -0.25) is 0 Å². The largest absolute Gasteiger partial charge is 0.505 e. The average Bonchev–Trinajstić information content (AvgIpc) is 1.82. The monoisotopic (exact) mass is 250 g/mol. The summed E-state index contributed by atoms with van der Waals surface area (Å²) in [5.74, 6) is 0.662. The quantitative estimate of drug-likeness (QED) is 0.538. The molecular formula is C6H7IN2O. The van der Waals surface area contributed by atoms with Crippen LogP contribution in [0.1, 0.15) is 5.56 Å². The second-order valence-electron chi connectivity index (χ2n) is 2.00. The van der Waals surface area contributed by atoms with Crippen molar-refractivity contribution in [1.82, 2.24) is 4.98 Å². The van der Waals surface area contributed by atoms with Gasteiger partial charge in [0.2, 0.25) is 0 Å². The maximum atomic E-state index is 9.21. The van der Waals surface area contributed by atoms with E-state index < -0.39 is 0 Å². The molecule has 4 heteroatoms. The Morgan fingerprint density at radius 3 is 2.80 bits per heavy atom. The van der Waals surface area contributed by atoms with Crippen molar-refractivity contribution in [2.24, 2.45) is 0 Å². The maximum absolute atomic E-state index is 9.21. The van der Waals surface area contributed by atoms with Gasteiger partial charge in [0.05, 0.1) is 0 Å². The lowest BCUT2D eigenvalue weighted by atomic mass is 10.3. The third-order valence-electron chi connectivity index (χ3n) is 1.16. The van der Waals surface area contributed by atoms with Crippen LogP contribution in [-0.4, -0.2) is 10.1 Å². The molecule has 0 saturated carbocycles. The molecule has 1 aromatic heterocycles. The first-order valence-corrected chi connectivity index (χ1v) is 3.80. The number of hydrogen-bond donors (Lipinski definition) is 2. The topological polar surface area (TPSA) is 59.1 Å². The Balaban J connectivity index is 3.31. The minimum atomic E-state index is 0.217. The lowest BCUT2D eigenvalue weighted by Gasteiger charge is -2.00. The number of nitrogens with zero attached hydrogens (tertiary/aromatic N) is 1. The van der Waals surface area contributed by atoms with Crippen LogP contribution in [0.3, 0.4) is 0 Å². The second-order valence-corrected chi connectivity index (χ2v) is 3.03. The first-order valence-electron chi connectivity index (χ1n) is 2.73. The van der Waals surface area contributed by atoms with Gasteiger partial charge in [0, 0.05) is 0 Å². The van der Waals surface area contributed by atoms with E-state index in [-0.39, 0.29) is 5.75 Å². The van der Waals surface area contributed by atoms with Gasteiger partial charge in [-0.05, 0) is 41.1 Å². The number of aromatic hydroxyl groups is 1. The Hall–Kier alpha value is -0.520. The van der Waals surface area contributed by atoms with Crippen LogP contribution in [0.5, 0.6) is 5.75 Å². The summed E-state index contributed by atoms with van der Waals surface area (Å²) in [6.45, 7) is 1.79. The molecule has 0 aliphatic heterocycles. The normalized spacial score (nSPS) is 9.80. The molecule has 54 valence electrons. The van der Waals surface area contributed by atoms with Crippen LogP contribution in [0.25, 0.3) is 0 Å². The van der Waals surface area contributed by atoms with E-state index in [1.807, 2.05) is 22.6 Å². The summed E-state index contributed by atoms with van der Waals surface area (Å²) in [4.78, 5) is 3.85.